The molecule has 0 aliphatic carbocycles. The summed E-state index contributed by atoms with van der Waals surface area (Å²) in [6.07, 6.45) is 0. The van der Waals surface area contributed by atoms with Gasteiger partial charge in [0.2, 0.25) is 11.0 Å². The number of amides is 1. The van der Waals surface area contributed by atoms with Crippen molar-refractivity contribution in [3.05, 3.63) is 36.4 Å². The number of rotatable bonds is 12. The summed E-state index contributed by atoms with van der Waals surface area (Å²) in [5.74, 6) is 0.559. The number of aromatic nitrogens is 2. The van der Waals surface area contributed by atoms with Gasteiger partial charge in [0.15, 0.2) is 15.8 Å². The van der Waals surface area contributed by atoms with E-state index in [1.807, 2.05) is 13.8 Å². The molecule has 0 fully saturated rings. The molecule has 0 spiro atoms. The highest BCUT2D eigenvalue weighted by atomic mass is 32.2. The van der Waals surface area contributed by atoms with E-state index in [1.54, 1.807) is 12.1 Å². The molecule has 0 aliphatic rings. The molecule has 0 radical (unpaired) electrons. The molecule has 0 unspecified atom stereocenters. The van der Waals surface area contributed by atoms with Crippen molar-refractivity contribution >= 4 is 49.8 Å². The quantitative estimate of drug-likeness (QED) is 0.254. The zero-order valence-electron chi connectivity index (χ0n) is 21.2. The molecule has 3 aromatic rings. The Morgan fingerprint density at radius 1 is 0.973 bits per heavy atom. The third kappa shape index (κ3) is 6.76. The van der Waals surface area contributed by atoms with E-state index >= 15 is 0 Å². The maximum Gasteiger partial charge on any atom is 0.265 e. The second-order valence-corrected chi connectivity index (χ2v) is 12.3. The van der Waals surface area contributed by atoms with Gasteiger partial charge in [-0.15, -0.1) is 10.2 Å². The van der Waals surface area contributed by atoms with Crippen LogP contribution in [0.5, 0.6) is 23.0 Å². The summed E-state index contributed by atoms with van der Waals surface area (Å²) in [6.45, 7) is 3.46. The van der Waals surface area contributed by atoms with Crippen molar-refractivity contribution < 1.29 is 32.2 Å². The van der Waals surface area contributed by atoms with Crippen LogP contribution >= 0.6 is 23.1 Å². The van der Waals surface area contributed by atoms with Gasteiger partial charge in [0.05, 0.1) is 39.0 Å². The molecule has 14 heteroatoms. The van der Waals surface area contributed by atoms with Crippen LogP contribution in [0.2, 0.25) is 0 Å². The maximum absolute atomic E-state index is 13.9. The normalized spacial score (nSPS) is 11.2. The first kappa shape index (κ1) is 28.3. The summed E-state index contributed by atoms with van der Waals surface area (Å²) in [6, 6.07) is 8.83. The number of nitrogens with zero attached hydrogens (tertiary/aromatic N) is 3. The third-order valence-corrected chi connectivity index (χ3v) is 8.56. The molecule has 1 heterocycles. The molecular weight excluding hydrogens is 540 g/mol. The highest BCUT2D eigenvalue weighted by molar-refractivity contribution is 8.01. The minimum Gasteiger partial charge on any atom is -0.497 e. The number of carbonyl (C=O) groups excluding carboxylic acids is 1. The average Bonchev–Trinajstić information content (AvgIpc) is 3.31. The lowest BCUT2D eigenvalue weighted by Crippen LogP contribution is -2.38. The van der Waals surface area contributed by atoms with Crippen LogP contribution in [0.15, 0.2) is 45.6 Å². The van der Waals surface area contributed by atoms with Crippen molar-refractivity contribution in [3.63, 3.8) is 0 Å². The minimum atomic E-state index is -4.30. The van der Waals surface area contributed by atoms with Crippen molar-refractivity contribution in [2.24, 2.45) is 0 Å². The molecule has 11 nitrogen and oxygen atoms in total. The van der Waals surface area contributed by atoms with Crippen molar-refractivity contribution in [3.8, 4) is 23.0 Å². The summed E-state index contributed by atoms with van der Waals surface area (Å²) in [4.78, 5) is 13.0. The predicted molar refractivity (Wildman–Crippen MR) is 143 cm³/mol. The number of thioether (sulfide) groups is 1. The Labute approximate surface area is 224 Å². The molecule has 0 atom stereocenters. The van der Waals surface area contributed by atoms with Crippen LogP contribution < -0.4 is 28.6 Å². The molecule has 0 saturated carbocycles. The molecule has 3 rings (SSSR count). The molecule has 1 N–H and O–H groups in total. The van der Waals surface area contributed by atoms with Gasteiger partial charge in [-0.1, -0.05) is 36.9 Å². The lowest BCUT2D eigenvalue weighted by atomic mass is 10.2. The fraction of sp³-hybridized carbons (Fsp3) is 0.348. The van der Waals surface area contributed by atoms with Gasteiger partial charge < -0.3 is 18.9 Å². The van der Waals surface area contributed by atoms with E-state index < -0.39 is 22.5 Å². The number of sulfonamides is 1. The molecular formula is C23H28N4O7S3. The van der Waals surface area contributed by atoms with Gasteiger partial charge in [-0.25, -0.2) is 8.42 Å². The fourth-order valence-electron chi connectivity index (χ4n) is 3.19. The number of carbonyl (C=O) groups is 1. The lowest BCUT2D eigenvalue weighted by molar-refractivity contribution is -0.114. The Morgan fingerprint density at radius 2 is 1.65 bits per heavy atom. The Kier molecular flexibility index (Phi) is 9.45. The molecule has 0 bridgehead atoms. The van der Waals surface area contributed by atoms with E-state index in [0.29, 0.717) is 21.1 Å². The Morgan fingerprint density at radius 3 is 2.27 bits per heavy atom. The molecule has 0 saturated heterocycles. The van der Waals surface area contributed by atoms with E-state index in [0.717, 1.165) is 4.31 Å². The van der Waals surface area contributed by atoms with E-state index in [2.05, 4.69) is 15.5 Å². The number of nitrogens with one attached hydrogen (secondary N) is 1. The highest BCUT2D eigenvalue weighted by Crippen LogP contribution is 2.37. The Balaban J connectivity index is 2.03. The monoisotopic (exact) mass is 568 g/mol. The number of hydrogen-bond donors (Lipinski definition) is 1. The smallest absolute Gasteiger partial charge is 0.265 e. The summed E-state index contributed by atoms with van der Waals surface area (Å²) in [5, 5.41) is 11.2. The Bertz CT molecular complexity index is 1350. The topological polar surface area (TPSA) is 129 Å². The van der Waals surface area contributed by atoms with Crippen molar-refractivity contribution in [1.82, 2.24) is 10.2 Å². The lowest BCUT2D eigenvalue weighted by Gasteiger charge is -2.26. The summed E-state index contributed by atoms with van der Waals surface area (Å²) < 4.78 is 50.7. The van der Waals surface area contributed by atoms with Crippen molar-refractivity contribution in [2.75, 3.05) is 44.6 Å². The van der Waals surface area contributed by atoms with E-state index in [-0.39, 0.29) is 27.2 Å². The van der Waals surface area contributed by atoms with Crippen LogP contribution in [0.3, 0.4) is 0 Å². The zero-order valence-corrected chi connectivity index (χ0v) is 23.6. The first-order valence-corrected chi connectivity index (χ1v) is 14.0. The van der Waals surface area contributed by atoms with E-state index in [1.165, 1.54) is 75.8 Å². The summed E-state index contributed by atoms with van der Waals surface area (Å²) in [7, 11) is 1.40. The number of methoxy groups -OCH3 is 4. The third-order valence-electron chi connectivity index (χ3n) is 4.87. The van der Waals surface area contributed by atoms with Crippen molar-refractivity contribution in [1.29, 1.82) is 0 Å². The Hall–Kier alpha value is -3.23. The van der Waals surface area contributed by atoms with Gasteiger partial charge in [0.1, 0.15) is 18.0 Å². The molecule has 1 aromatic heterocycles. The SMILES string of the molecule is COc1ccc(OC)c(N(CC(=O)Nc2nnc(SC(C)C)s2)S(=O)(=O)c2ccc(OC)c(OC)c2)c1. The summed E-state index contributed by atoms with van der Waals surface area (Å²) >= 11 is 2.71. The number of hydrogen-bond acceptors (Lipinski definition) is 11. The van der Waals surface area contributed by atoms with Crippen LogP contribution in [0.4, 0.5) is 10.8 Å². The number of anilines is 2. The van der Waals surface area contributed by atoms with Crippen molar-refractivity contribution in [2.45, 2.75) is 28.3 Å². The van der Waals surface area contributed by atoms with Gasteiger partial charge in [0.25, 0.3) is 10.0 Å². The second-order valence-electron chi connectivity index (χ2n) is 7.65. The molecule has 1 amide bonds. The molecule has 0 aliphatic heterocycles. The molecule has 2 aromatic carbocycles. The van der Waals surface area contributed by atoms with Crippen LogP contribution in [0.1, 0.15) is 13.8 Å². The average molecular weight is 569 g/mol. The second kappa shape index (κ2) is 12.3. The van der Waals surface area contributed by atoms with E-state index in [4.69, 9.17) is 18.9 Å². The predicted octanol–water partition coefficient (Wildman–Crippen LogP) is 3.91. The van der Waals surface area contributed by atoms with Crippen LogP contribution in [0.25, 0.3) is 0 Å². The number of ether oxygens (including phenoxy) is 4. The molecule has 37 heavy (non-hydrogen) atoms. The molecule has 200 valence electrons. The van der Waals surface area contributed by atoms with Gasteiger partial charge in [0, 0.05) is 17.4 Å². The highest BCUT2D eigenvalue weighted by Gasteiger charge is 2.31. The fourth-order valence-corrected chi connectivity index (χ4v) is 6.63. The largest absolute Gasteiger partial charge is 0.497 e. The summed E-state index contributed by atoms with van der Waals surface area (Å²) in [5.41, 5.74) is 0.111. The van der Waals surface area contributed by atoms with Crippen LogP contribution in [-0.2, 0) is 14.8 Å². The van der Waals surface area contributed by atoms with Crippen LogP contribution in [-0.4, -0.2) is 64.8 Å². The van der Waals surface area contributed by atoms with E-state index in [9.17, 15) is 13.2 Å². The van der Waals surface area contributed by atoms with Gasteiger partial charge in [-0.05, 0) is 24.3 Å². The number of benzene rings is 2. The maximum atomic E-state index is 13.9. The van der Waals surface area contributed by atoms with Crippen LogP contribution in [0, 0.1) is 0 Å². The first-order valence-electron chi connectivity index (χ1n) is 10.9. The zero-order chi connectivity index (χ0) is 27.2. The van der Waals surface area contributed by atoms with Gasteiger partial charge in [-0.3, -0.25) is 14.4 Å². The standard InChI is InChI=1S/C23H28N4O7S3/c1-14(2)35-23-26-25-22(36-23)24-21(28)13-27(17-11-15(31-3)7-9-18(17)32-4)37(29,30)16-8-10-19(33-5)20(12-16)34-6/h7-12,14H,13H2,1-6H3,(H,24,25,28). The van der Waals surface area contributed by atoms with Gasteiger partial charge >= 0.3 is 0 Å². The first-order chi connectivity index (χ1) is 17.6. The minimum absolute atomic E-state index is 0.111. The van der Waals surface area contributed by atoms with Gasteiger partial charge in [-0.2, -0.15) is 0 Å².